The quantitative estimate of drug-likeness (QED) is 0.232. The summed E-state index contributed by atoms with van der Waals surface area (Å²) in [7, 11) is 0. The number of fused-ring (bicyclic) bond motifs is 2. The molecule has 5 aromatic rings. The fraction of sp³-hybridized carbons (Fsp3) is 0.154. The monoisotopic (exact) mass is 453 g/mol. The van der Waals surface area contributed by atoms with Crippen LogP contribution in [0, 0.1) is 11.3 Å². The van der Waals surface area contributed by atoms with Crippen molar-refractivity contribution in [2.45, 2.75) is 13.0 Å². The maximum absolute atomic E-state index is 9.78. The summed E-state index contributed by atoms with van der Waals surface area (Å²) in [6.45, 7) is 1.75. The van der Waals surface area contributed by atoms with Crippen LogP contribution >= 0.6 is 11.3 Å². The average Bonchev–Trinajstić information content (AvgIpc) is 3.49. The standard InChI is InChI=1S/C26H23N5OS/c27-13-19-15-29-16-21(26(19)31-23-4-1-3-22-20(23)7-9-30-22)25-12-18-11-17(5-6-24(18)33-25)14-28-8-2-10-32/h1,3-7,9,11-12,15-16,28,30,32H,2,8,10,14H2,(H,29,31). The molecule has 0 fully saturated rings. The number of rotatable bonds is 8. The molecule has 0 aliphatic heterocycles. The van der Waals surface area contributed by atoms with Crippen LogP contribution in [0.15, 0.2) is 67.1 Å². The Bertz CT molecular complexity index is 1460. The molecule has 0 atom stereocenters. The number of nitriles is 1. The first-order valence-corrected chi connectivity index (χ1v) is 11.6. The lowest BCUT2D eigenvalue weighted by atomic mass is 10.1. The molecule has 33 heavy (non-hydrogen) atoms. The third-order valence-corrected chi connectivity index (χ3v) is 6.76. The Balaban J connectivity index is 1.51. The van der Waals surface area contributed by atoms with Gasteiger partial charge in [-0.05, 0) is 60.3 Å². The molecule has 2 aromatic carbocycles. The van der Waals surface area contributed by atoms with Crippen molar-refractivity contribution in [3.05, 3.63) is 78.2 Å². The van der Waals surface area contributed by atoms with Crippen LogP contribution in [0.1, 0.15) is 17.5 Å². The lowest BCUT2D eigenvalue weighted by Crippen LogP contribution is -2.15. The van der Waals surface area contributed by atoms with E-state index in [1.807, 2.05) is 36.7 Å². The fourth-order valence-corrected chi connectivity index (χ4v) is 5.03. The smallest absolute Gasteiger partial charge is 0.103 e. The Kier molecular flexibility index (Phi) is 6.05. The number of thiophene rings is 1. The highest BCUT2D eigenvalue weighted by Crippen LogP contribution is 2.40. The minimum atomic E-state index is 0.199. The van der Waals surface area contributed by atoms with Gasteiger partial charge in [-0.3, -0.25) is 4.98 Å². The molecule has 6 nitrogen and oxygen atoms in total. The van der Waals surface area contributed by atoms with E-state index >= 15 is 0 Å². The summed E-state index contributed by atoms with van der Waals surface area (Å²) in [5.74, 6) is 0. The molecule has 0 radical (unpaired) electrons. The number of nitrogens with one attached hydrogen (secondary N) is 3. The van der Waals surface area contributed by atoms with E-state index in [9.17, 15) is 5.26 Å². The number of nitrogens with zero attached hydrogens (tertiary/aromatic N) is 2. The second-order valence-corrected chi connectivity index (χ2v) is 8.91. The van der Waals surface area contributed by atoms with Crippen molar-refractivity contribution in [1.82, 2.24) is 15.3 Å². The van der Waals surface area contributed by atoms with Crippen LogP contribution in [-0.4, -0.2) is 28.2 Å². The van der Waals surface area contributed by atoms with Gasteiger partial charge in [-0.2, -0.15) is 5.26 Å². The molecule has 4 N–H and O–H groups in total. The van der Waals surface area contributed by atoms with Gasteiger partial charge in [0.2, 0.25) is 0 Å². The first-order valence-electron chi connectivity index (χ1n) is 10.8. The highest BCUT2D eigenvalue weighted by molar-refractivity contribution is 7.22. The highest BCUT2D eigenvalue weighted by Gasteiger charge is 2.15. The van der Waals surface area contributed by atoms with Crippen molar-refractivity contribution in [2.75, 3.05) is 18.5 Å². The predicted molar refractivity (Wildman–Crippen MR) is 135 cm³/mol. The van der Waals surface area contributed by atoms with E-state index < -0.39 is 0 Å². The molecule has 0 spiro atoms. The second kappa shape index (κ2) is 9.43. The fourth-order valence-electron chi connectivity index (χ4n) is 3.97. The summed E-state index contributed by atoms with van der Waals surface area (Å²) in [5, 5.41) is 27.8. The van der Waals surface area contributed by atoms with Crippen molar-refractivity contribution < 1.29 is 5.11 Å². The first kappa shape index (κ1) is 21.2. The number of aliphatic hydroxyl groups is 1. The van der Waals surface area contributed by atoms with Gasteiger partial charge in [-0.15, -0.1) is 11.3 Å². The van der Waals surface area contributed by atoms with Gasteiger partial charge < -0.3 is 20.7 Å². The zero-order valence-electron chi connectivity index (χ0n) is 17.9. The summed E-state index contributed by atoms with van der Waals surface area (Å²) >= 11 is 1.69. The second-order valence-electron chi connectivity index (χ2n) is 7.83. The van der Waals surface area contributed by atoms with Crippen molar-refractivity contribution in [2.24, 2.45) is 0 Å². The number of H-pyrrole nitrogens is 1. The molecule has 0 saturated heterocycles. The Hall–Kier alpha value is -3.70. The Morgan fingerprint density at radius 1 is 1.12 bits per heavy atom. The van der Waals surface area contributed by atoms with E-state index in [1.165, 1.54) is 10.3 Å². The molecule has 0 aliphatic carbocycles. The zero-order chi connectivity index (χ0) is 22.6. The Morgan fingerprint density at radius 2 is 2.06 bits per heavy atom. The third-order valence-electron chi connectivity index (χ3n) is 5.61. The highest BCUT2D eigenvalue weighted by atomic mass is 32.1. The SMILES string of the molecule is N#Cc1cncc(-c2cc3cc(CNCCCO)ccc3s2)c1Nc1cccc2[nH]ccc12. The Labute approximate surface area is 195 Å². The van der Waals surface area contributed by atoms with Gasteiger partial charge in [0.05, 0.1) is 11.3 Å². The molecule has 0 bridgehead atoms. The molecule has 164 valence electrons. The van der Waals surface area contributed by atoms with Crippen LogP contribution in [0.5, 0.6) is 0 Å². The molecular formula is C26H23N5OS. The van der Waals surface area contributed by atoms with Gasteiger partial charge >= 0.3 is 0 Å². The van der Waals surface area contributed by atoms with Crippen LogP contribution < -0.4 is 10.6 Å². The Morgan fingerprint density at radius 3 is 2.94 bits per heavy atom. The number of aromatic nitrogens is 2. The summed E-state index contributed by atoms with van der Waals surface area (Å²) in [6.07, 6.45) is 6.09. The molecule has 0 aliphatic rings. The van der Waals surface area contributed by atoms with Crippen LogP contribution in [0.25, 0.3) is 31.4 Å². The molecule has 7 heteroatoms. The number of aromatic amines is 1. The van der Waals surface area contributed by atoms with Gasteiger partial charge in [0.15, 0.2) is 0 Å². The molecule has 3 aromatic heterocycles. The van der Waals surface area contributed by atoms with Gasteiger partial charge in [0.25, 0.3) is 0 Å². The zero-order valence-corrected chi connectivity index (χ0v) is 18.7. The van der Waals surface area contributed by atoms with Crippen molar-refractivity contribution in [3.8, 4) is 16.5 Å². The number of hydrogen-bond acceptors (Lipinski definition) is 6. The average molecular weight is 454 g/mol. The molecule has 0 amide bonds. The lowest BCUT2D eigenvalue weighted by Gasteiger charge is -2.13. The van der Waals surface area contributed by atoms with E-state index in [0.717, 1.165) is 57.6 Å². The van der Waals surface area contributed by atoms with Crippen molar-refractivity contribution in [1.29, 1.82) is 5.26 Å². The number of anilines is 2. The molecular weight excluding hydrogens is 430 g/mol. The van der Waals surface area contributed by atoms with Crippen molar-refractivity contribution >= 4 is 43.7 Å². The van der Waals surface area contributed by atoms with Crippen LogP contribution in [0.4, 0.5) is 11.4 Å². The third kappa shape index (κ3) is 4.32. The van der Waals surface area contributed by atoms with Gasteiger partial charge in [-0.1, -0.05) is 12.1 Å². The summed E-state index contributed by atoms with van der Waals surface area (Å²) in [4.78, 5) is 8.63. The van der Waals surface area contributed by atoms with Gasteiger partial charge in [0, 0.05) is 63.5 Å². The largest absolute Gasteiger partial charge is 0.396 e. The minimum absolute atomic E-state index is 0.199. The number of pyridine rings is 1. The minimum Gasteiger partial charge on any atom is -0.396 e. The number of aliphatic hydroxyl groups excluding tert-OH is 1. The van der Waals surface area contributed by atoms with Gasteiger partial charge in [0.1, 0.15) is 6.07 Å². The molecule has 3 heterocycles. The van der Waals surface area contributed by atoms with E-state index in [0.29, 0.717) is 5.56 Å². The molecule has 5 rings (SSSR count). The summed E-state index contributed by atoms with van der Waals surface area (Å²) in [6, 6.07) is 19.0. The van der Waals surface area contributed by atoms with Crippen LogP contribution in [0.2, 0.25) is 0 Å². The molecule has 0 saturated carbocycles. The van der Waals surface area contributed by atoms with Crippen LogP contribution in [-0.2, 0) is 6.54 Å². The van der Waals surface area contributed by atoms with Crippen molar-refractivity contribution in [3.63, 3.8) is 0 Å². The van der Waals surface area contributed by atoms with E-state index in [-0.39, 0.29) is 6.61 Å². The van der Waals surface area contributed by atoms with E-state index in [1.54, 1.807) is 17.5 Å². The maximum atomic E-state index is 9.78. The molecule has 0 unspecified atom stereocenters. The summed E-state index contributed by atoms with van der Waals surface area (Å²) in [5.41, 5.74) is 5.35. The number of hydrogen-bond donors (Lipinski definition) is 4. The predicted octanol–water partition coefficient (Wildman–Crippen LogP) is 5.53. The van der Waals surface area contributed by atoms with Crippen LogP contribution in [0.3, 0.4) is 0 Å². The van der Waals surface area contributed by atoms with Gasteiger partial charge in [-0.25, -0.2) is 0 Å². The maximum Gasteiger partial charge on any atom is 0.103 e. The number of benzene rings is 2. The van der Waals surface area contributed by atoms with E-state index in [4.69, 9.17) is 5.11 Å². The lowest BCUT2D eigenvalue weighted by molar-refractivity contribution is 0.286. The summed E-state index contributed by atoms with van der Waals surface area (Å²) < 4.78 is 1.19. The normalized spacial score (nSPS) is 11.2. The topological polar surface area (TPSA) is 96.8 Å². The first-order chi connectivity index (χ1) is 16.3. The van der Waals surface area contributed by atoms with E-state index in [2.05, 4.69) is 50.9 Å².